The lowest BCUT2D eigenvalue weighted by Gasteiger charge is -2.36. The molecule has 1 N–H and O–H groups in total. The van der Waals surface area contributed by atoms with Crippen molar-refractivity contribution in [3.05, 3.63) is 53.8 Å². The predicted molar refractivity (Wildman–Crippen MR) is 96.9 cm³/mol. The zero-order valence-corrected chi connectivity index (χ0v) is 14.5. The van der Waals surface area contributed by atoms with Crippen LogP contribution in [0.1, 0.15) is 5.56 Å². The van der Waals surface area contributed by atoms with Gasteiger partial charge >= 0.3 is 6.03 Å². The Hall–Kier alpha value is -2.76. The number of piperazine rings is 1. The lowest BCUT2D eigenvalue weighted by atomic mass is 10.2. The summed E-state index contributed by atoms with van der Waals surface area (Å²) in [7, 11) is 1.62. The first-order valence-corrected chi connectivity index (χ1v) is 8.28. The van der Waals surface area contributed by atoms with Crippen molar-refractivity contribution in [3.63, 3.8) is 0 Å². The molecule has 1 aliphatic heterocycles. The number of nitrogens with one attached hydrogen (secondary N) is 1. The van der Waals surface area contributed by atoms with Crippen LogP contribution in [0.3, 0.4) is 0 Å². The van der Waals surface area contributed by atoms with E-state index in [2.05, 4.69) is 10.2 Å². The molecule has 0 radical (unpaired) electrons. The number of benzene rings is 2. The van der Waals surface area contributed by atoms with Gasteiger partial charge in [0.25, 0.3) is 0 Å². The van der Waals surface area contributed by atoms with E-state index in [-0.39, 0.29) is 11.8 Å². The Bertz CT molecular complexity index is 741. The van der Waals surface area contributed by atoms with Crippen LogP contribution in [0.15, 0.2) is 42.5 Å². The Morgan fingerprint density at radius 2 is 1.76 bits per heavy atom. The summed E-state index contributed by atoms with van der Waals surface area (Å²) in [5.74, 6) is 0.528. The first-order valence-electron chi connectivity index (χ1n) is 8.28. The van der Waals surface area contributed by atoms with Gasteiger partial charge in [-0.05, 0) is 55.0 Å². The van der Waals surface area contributed by atoms with Crippen LogP contribution in [0.25, 0.3) is 0 Å². The summed E-state index contributed by atoms with van der Waals surface area (Å²) in [6, 6.07) is 11.9. The quantitative estimate of drug-likeness (QED) is 0.928. The molecule has 1 saturated heterocycles. The average Bonchev–Trinajstić information content (AvgIpc) is 2.64. The van der Waals surface area contributed by atoms with Crippen molar-refractivity contribution in [3.8, 4) is 5.75 Å². The van der Waals surface area contributed by atoms with Crippen LogP contribution in [0.2, 0.25) is 0 Å². The lowest BCUT2D eigenvalue weighted by Crippen LogP contribution is -2.50. The van der Waals surface area contributed by atoms with Crippen molar-refractivity contribution in [2.75, 3.05) is 43.5 Å². The van der Waals surface area contributed by atoms with Gasteiger partial charge in [0.15, 0.2) is 0 Å². The van der Waals surface area contributed by atoms with Gasteiger partial charge < -0.3 is 19.9 Å². The second-order valence-corrected chi connectivity index (χ2v) is 6.06. The van der Waals surface area contributed by atoms with Crippen LogP contribution in [-0.4, -0.2) is 44.2 Å². The minimum Gasteiger partial charge on any atom is -0.497 e. The molecule has 0 unspecified atom stereocenters. The highest BCUT2D eigenvalue weighted by Crippen LogP contribution is 2.22. The van der Waals surface area contributed by atoms with Crippen LogP contribution in [-0.2, 0) is 0 Å². The highest BCUT2D eigenvalue weighted by Gasteiger charge is 2.21. The largest absolute Gasteiger partial charge is 0.497 e. The van der Waals surface area contributed by atoms with Gasteiger partial charge in [0.2, 0.25) is 0 Å². The molecule has 0 aromatic heterocycles. The van der Waals surface area contributed by atoms with E-state index in [0.29, 0.717) is 13.1 Å². The summed E-state index contributed by atoms with van der Waals surface area (Å²) in [5, 5.41) is 2.96. The third kappa shape index (κ3) is 4.02. The van der Waals surface area contributed by atoms with E-state index in [9.17, 15) is 9.18 Å². The van der Waals surface area contributed by atoms with E-state index >= 15 is 0 Å². The van der Waals surface area contributed by atoms with E-state index in [4.69, 9.17) is 4.74 Å². The number of carbonyl (C=O) groups is 1. The van der Waals surface area contributed by atoms with Gasteiger partial charge in [0.05, 0.1) is 7.11 Å². The van der Waals surface area contributed by atoms with E-state index in [1.165, 1.54) is 12.1 Å². The third-order valence-corrected chi connectivity index (χ3v) is 4.43. The number of halogens is 1. The standard InChI is InChI=1S/C19H22FN3O2/c1-14-13-17(25-2)7-8-18(14)21-19(24)23-11-9-22(10-12-23)16-5-3-15(20)4-6-16/h3-8,13H,9-12H2,1-2H3,(H,21,24). The first-order chi connectivity index (χ1) is 12.1. The molecule has 2 amide bonds. The normalized spacial score (nSPS) is 14.4. The Morgan fingerprint density at radius 1 is 1.08 bits per heavy atom. The van der Waals surface area contributed by atoms with Crippen molar-refractivity contribution in [1.82, 2.24) is 4.90 Å². The second-order valence-electron chi connectivity index (χ2n) is 6.06. The molecule has 0 saturated carbocycles. The predicted octanol–water partition coefficient (Wildman–Crippen LogP) is 3.50. The van der Waals surface area contributed by atoms with Gasteiger partial charge in [-0.2, -0.15) is 0 Å². The molecule has 0 spiro atoms. The van der Waals surface area contributed by atoms with Crippen molar-refractivity contribution >= 4 is 17.4 Å². The van der Waals surface area contributed by atoms with Gasteiger partial charge in [0, 0.05) is 37.6 Å². The number of hydrogen-bond acceptors (Lipinski definition) is 3. The molecule has 5 nitrogen and oxygen atoms in total. The number of urea groups is 1. The van der Waals surface area contributed by atoms with E-state index in [1.807, 2.05) is 25.1 Å². The number of aryl methyl sites for hydroxylation is 1. The number of carbonyl (C=O) groups excluding carboxylic acids is 1. The number of anilines is 2. The lowest BCUT2D eigenvalue weighted by molar-refractivity contribution is 0.208. The van der Waals surface area contributed by atoms with Crippen LogP contribution in [0.4, 0.5) is 20.6 Å². The molecule has 3 rings (SSSR count). The fourth-order valence-corrected chi connectivity index (χ4v) is 2.92. The molecule has 0 aliphatic carbocycles. The molecule has 1 fully saturated rings. The molecule has 2 aromatic rings. The van der Waals surface area contributed by atoms with Crippen molar-refractivity contribution in [2.45, 2.75) is 6.92 Å². The number of amides is 2. The smallest absolute Gasteiger partial charge is 0.321 e. The highest BCUT2D eigenvalue weighted by atomic mass is 19.1. The number of nitrogens with zero attached hydrogens (tertiary/aromatic N) is 2. The minimum atomic E-state index is -0.239. The Balaban J connectivity index is 1.57. The number of methoxy groups -OCH3 is 1. The topological polar surface area (TPSA) is 44.8 Å². The summed E-state index contributed by atoms with van der Waals surface area (Å²) in [6.45, 7) is 4.63. The van der Waals surface area contributed by atoms with Gasteiger partial charge in [-0.15, -0.1) is 0 Å². The van der Waals surface area contributed by atoms with Crippen LogP contribution in [0.5, 0.6) is 5.75 Å². The summed E-state index contributed by atoms with van der Waals surface area (Å²) < 4.78 is 18.2. The summed E-state index contributed by atoms with van der Waals surface area (Å²) in [6.07, 6.45) is 0. The molecule has 0 atom stereocenters. The van der Waals surface area contributed by atoms with Crippen molar-refractivity contribution in [1.29, 1.82) is 0 Å². The van der Waals surface area contributed by atoms with Crippen LogP contribution >= 0.6 is 0 Å². The molecule has 1 aliphatic rings. The number of hydrogen-bond donors (Lipinski definition) is 1. The zero-order chi connectivity index (χ0) is 17.8. The fourth-order valence-electron chi connectivity index (χ4n) is 2.92. The monoisotopic (exact) mass is 343 g/mol. The molecule has 132 valence electrons. The second kappa shape index (κ2) is 7.42. The number of ether oxygens (including phenoxy) is 1. The van der Waals surface area contributed by atoms with E-state index < -0.39 is 0 Å². The summed E-state index contributed by atoms with van der Waals surface area (Å²) in [5.41, 5.74) is 2.72. The molecule has 1 heterocycles. The molecule has 6 heteroatoms. The first kappa shape index (κ1) is 17.1. The Morgan fingerprint density at radius 3 is 2.36 bits per heavy atom. The Labute approximate surface area is 147 Å². The molecular formula is C19H22FN3O2. The molecular weight excluding hydrogens is 321 g/mol. The van der Waals surface area contributed by atoms with Crippen LogP contribution in [0, 0.1) is 12.7 Å². The van der Waals surface area contributed by atoms with E-state index in [0.717, 1.165) is 35.8 Å². The minimum absolute atomic E-state index is 0.105. The van der Waals surface area contributed by atoms with Gasteiger partial charge in [0.1, 0.15) is 11.6 Å². The van der Waals surface area contributed by atoms with Crippen LogP contribution < -0.4 is 15.0 Å². The third-order valence-electron chi connectivity index (χ3n) is 4.43. The zero-order valence-electron chi connectivity index (χ0n) is 14.5. The highest BCUT2D eigenvalue weighted by molar-refractivity contribution is 5.90. The van der Waals surface area contributed by atoms with Gasteiger partial charge in [-0.1, -0.05) is 0 Å². The summed E-state index contributed by atoms with van der Waals surface area (Å²) >= 11 is 0. The fraction of sp³-hybridized carbons (Fsp3) is 0.316. The number of rotatable bonds is 3. The van der Waals surface area contributed by atoms with E-state index in [1.54, 1.807) is 24.1 Å². The maximum absolute atomic E-state index is 13.0. The maximum atomic E-state index is 13.0. The maximum Gasteiger partial charge on any atom is 0.321 e. The van der Waals surface area contributed by atoms with Crippen molar-refractivity contribution in [2.24, 2.45) is 0 Å². The summed E-state index contributed by atoms with van der Waals surface area (Å²) in [4.78, 5) is 16.4. The van der Waals surface area contributed by atoms with Gasteiger partial charge in [-0.3, -0.25) is 0 Å². The van der Waals surface area contributed by atoms with Crippen molar-refractivity contribution < 1.29 is 13.9 Å². The average molecular weight is 343 g/mol. The Kier molecular flexibility index (Phi) is 5.07. The van der Waals surface area contributed by atoms with Gasteiger partial charge in [-0.25, -0.2) is 9.18 Å². The molecule has 25 heavy (non-hydrogen) atoms. The molecule has 0 bridgehead atoms. The SMILES string of the molecule is COc1ccc(NC(=O)N2CCN(c3ccc(F)cc3)CC2)c(C)c1. The molecule has 2 aromatic carbocycles.